The monoisotopic (exact) mass is 340 g/mol. The number of carbonyl (C=O) groups is 3. The highest BCUT2D eigenvalue weighted by molar-refractivity contribution is 5.84. The van der Waals surface area contributed by atoms with E-state index in [2.05, 4.69) is 5.32 Å². The molecule has 0 saturated heterocycles. The van der Waals surface area contributed by atoms with Crippen LogP contribution in [0.15, 0.2) is 0 Å². The highest BCUT2D eigenvalue weighted by Gasteiger charge is 2.42. The Balaban J connectivity index is 2.55. The van der Waals surface area contributed by atoms with Gasteiger partial charge in [0.2, 0.25) is 11.8 Å². The molecule has 2 N–H and O–H groups in total. The average Bonchev–Trinajstić information content (AvgIpc) is 2.52. The Bertz CT molecular complexity index is 446. The summed E-state index contributed by atoms with van der Waals surface area (Å²) in [6.07, 6.45) is 5.15. The van der Waals surface area contributed by atoms with Gasteiger partial charge in [0.15, 0.2) is 0 Å². The molecule has 0 bridgehead atoms. The molecule has 24 heavy (non-hydrogen) atoms. The number of hydrogen-bond donors (Lipinski definition) is 2. The van der Waals surface area contributed by atoms with Crippen LogP contribution in [-0.4, -0.2) is 46.4 Å². The molecule has 6 nitrogen and oxygen atoms in total. The quantitative estimate of drug-likeness (QED) is 0.675. The van der Waals surface area contributed by atoms with E-state index in [1.807, 2.05) is 20.8 Å². The van der Waals surface area contributed by atoms with E-state index < -0.39 is 17.4 Å². The van der Waals surface area contributed by atoms with Gasteiger partial charge >= 0.3 is 5.97 Å². The minimum Gasteiger partial charge on any atom is -0.481 e. The molecule has 1 saturated carbocycles. The fourth-order valence-corrected chi connectivity index (χ4v) is 3.54. The van der Waals surface area contributed by atoms with Gasteiger partial charge in [-0.05, 0) is 32.6 Å². The predicted molar refractivity (Wildman–Crippen MR) is 92.5 cm³/mol. The Kier molecular flexibility index (Phi) is 8.22. The van der Waals surface area contributed by atoms with Crippen LogP contribution < -0.4 is 5.32 Å². The summed E-state index contributed by atoms with van der Waals surface area (Å²) < 4.78 is 0. The van der Waals surface area contributed by atoms with Gasteiger partial charge in [-0.2, -0.15) is 0 Å². The second-order valence-corrected chi connectivity index (χ2v) is 6.98. The number of carbonyl (C=O) groups excluding carboxylic acids is 2. The fraction of sp³-hybridized carbons (Fsp3) is 0.833. The van der Waals surface area contributed by atoms with E-state index in [9.17, 15) is 19.5 Å². The lowest BCUT2D eigenvalue weighted by atomic mass is 9.74. The molecule has 6 heteroatoms. The maximum absolute atomic E-state index is 12.3. The van der Waals surface area contributed by atoms with Crippen LogP contribution in [0.3, 0.4) is 0 Å². The standard InChI is InChI=1S/C18H32N2O4/c1-4-12-20(13-5-2)16(22)10-9-15(21)19-18(3)11-7-6-8-14(18)17(23)24/h14H,4-13H2,1-3H3,(H,19,21)(H,23,24). The van der Waals surface area contributed by atoms with Crippen LogP contribution >= 0.6 is 0 Å². The van der Waals surface area contributed by atoms with Crippen molar-refractivity contribution in [3.8, 4) is 0 Å². The van der Waals surface area contributed by atoms with Crippen molar-refractivity contribution in [1.82, 2.24) is 10.2 Å². The van der Waals surface area contributed by atoms with Gasteiger partial charge in [0.1, 0.15) is 0 Å². The zero-order valence-corrected chi connectivity index (χ0v) is 15.3. The van der Waals surface area contributed by atoms with E-state index in [0.29, 0.717) is 25.9 Å². The van der Waals surface area contributed by atoms with E-state index in [0.717, 1.165) is 25.7 Å². The first-order valence-electron chi connectivity index (χ1n) is 9.15. The van der Waals surface area contributed by atoms with Gasteiger partial charge in [0, 0.05) is 25.9 Å². The van der Waals surface area contributed by atoms with E-state index in [4.69, 9.17) is 0 Å². The van der Waals surface area contributed by atoms with Gasteiger partial charge in [-0.25, -0.2) is 0 Å². The van der Waals surface area contributed by atoms with Gasteiger partial charge in [-0.1, -0.05) is 26.7 Å². The topological polar surface area (TPSA) is 86.7 Å². The largest absolute Gasteiger partial charge is 0.481 e. The molecular weight excluding hydrogens is 308 g/mol. The lowest BCUT2D eigenvalue weighted by molar-refractivity contribution is -0.147. The number of hydrogen-bond acceptors (Lipinski definition) is 3. The third-order valence-corrected chi connectivity index (χ3v) is 4.84. The van der Waals surface area contributed by atoms with Crippen molar-refractivity contribution >= 4 is 17.8 Å². The summed E-state index contributed by atoms with van der Waals surface area (Å²) in [7, 11) is 0. The molecule has 1 rings (SSSR count). The van der Waals surface area contributed by atoms with Crippen molar-refractivity contribution in [3.63, 3.8) is 0 Å². The molecule has 2 unspecified atom stereocenters. The van der Waals surface area contributed by atoms with Crippen LogP contribution in [-0.2, 0) is 14.4 Å². The zero-order chi connectivity index (χ0) is 18.2. The Labute approximate surface area is 145 Å². The molecule has 0 radical (unpaired) electrons. The van der Waals surface area contributed by atoms with Crippen molar-refractivity contribution in [2.24, 2.45) is 5.92 Å². The fourth-order valence-electron chi connectivity index (χ4n) is 3.54. The van der Waals surface area contributed by atoms with E-state index in [-0.39, 0.29) is 24.7 Å². The van der Waals surface area contributed by atoms with Gasteiger partial charge in [0.05, 0.1) is 11.5 Å². The Morgan fingerprint density at radius 3 is 2.29 bits per heavy atom. The Morgan fingerprint density at radius 1 is 1.12 bits per heavy atom. The lowest BCUT2D eigenvalue weighted by Gasteiger charge is -2.39. The van der Waals surface area contributed by atoms with Crippen LogP contribution in [0.5, 0.6) is 0 Å². The molecule has 0 aromatic rings. The number of carboxylic acid groups (broad SMARTS) is 1. The summed E-state index contributed by atoms with van der Waals surface area (Å²) in [5.74, 6) is -1.64. The molecule has 2 atom stereocenters. The number of aliphatic carboxylic acids is 1. The molecule has 2 amide bonds. The summed E-state index contributed by atoms with van der Waals surface area (Å²) in [5, 5.41) is 12.3. The molecule has 0 spiro atoms. The first kappa shape index (κ1) is 20.5. The van der Waals surface area contributed by atoms with Crippen LogP contribution in [0.25, 0.3) is 0 Å². The number of nitrogens with zero attached hydrogens (tertiary/aromatic N) is 1. The SMILES string of the molecule is CCCN(CCC)C(=O)CCC(=O)NC1(C)CCCCC1C(=O)O. The van der Waals surface area contributed by atoms with Crippen molar-refractivity contribution < 1.29 is 19.5 Å². The molecule has 0 aromatic heterocycles. The molecule has 1 aliphatic carbocycles. The second-order valence-electron chi connectivity index (χ2n) is 6.98. The van der Waals surface area contributed by atoms with Crippen LogP contribution in [0.4, 0.5) is 0 Å². The molecule has 138 valence electrons. The number of nitrogens with one attached hydrogen (secondary N) is 1. The van der Waals surface area contributed by atoms with Gasteiger partial charge in [-0.3, -0.25) is 14.4 Å². The highest BCUT2D eigenvalue weighted by Crippen LogP contribution is 2.33. The zero-order valence-electron chi connectivity index (χ0n) is 15.3. The third-order valence-electron chi connectivity index (χ3n) is 4.84. The molecule has 1 aliphatic rings. The average molecular weight is 340 g/mol. The van der Waals surface area contributed by atoms with Crippen molar-refractivity contribution in [2.75, 3.05) is 13.1 Å². The van der Waals surface area contributed by atoms with Gasteiger partial charge in [0.25, 0.3) is 0 Å². The minimum absolute atomic E-state index is 0.00238. The number of rotatable bonds is 9. The number of carboxylic acids is 1. The van der Waals surface area contributed by atoms with E-state index in [1.54, 1.807) is 4.90 Å². The smallest absolute Gasteiger partial charge is 0.308 e. The molecule has 0 aromatic carbocycles. The molecular formula is C18H32N2O4. The van der Waals surface area contributed by atoms with Crippen LogP contribution in [0.2, 0.25) is 0 Å². The van der Waals surface area contributed by atoms with Crippen LogP contribution in [0.1, 0.15) is 72.1 Å². The van der Waals surface area contributed by atoms with Crippen molar-refractivity contribution in [1.29, 1.82) is 0 Å². The Hall–Kier alpha value is -1.59. The van der Waals surface area contributed by atoms with Gasteiger partial charge in [-0.15, -0.1) is 0 Å². The molecule has 0 heterocycles. The summed E-state index contributed by atoms with van der Waals surface area (Å²) in [4.78, 5) is 37.7. The third kappa shape index (κ3) is 5.80. The minimum atomic E-state index is -0.856. The first-order valence-corrected chi connectivity index (χ1v) is 9.15. The normalized spacial score (nSPS) is 23.5. The van der Waals surface area contributed by atoms with Crippen LogP contribution in [0, 0.1) is 5.92 Å². The van der Waals surface area contributed by atoms with Gasteiger partial charge < -0.3 is 15.3 Å². The summed E-state index contributed by atoms with van der Waals surface area (Å²) in [6.45, 7) is 7.29. The predicted octanol–water partition coefficient (Wildman–Crippen LogP) is 2.56. The summed E-state index contributed by atoms with van der Waals surface area (Å²) in [5.41, 5.74) is -0.712. The van der Waals surface area contributed by atoms with Crippen molar-refractivity contribution in [2.45, 2.75) is 77.7 Å². The maximum Gasteiger partial charge on any atom is 0.308 e. The summed E-state index contributed by atoms with van der Waals surface area (Å²) >= 11 is 0. The molecule has 0 aliphatic heterocycles. The lowest BCUT2D eigenvalue weighted by Crippen LogP contribution is -2.55. The van der Waals surface area contributed by atoms with Crippen molar-refractivity contribution in [3.05, 3.63) is 0 Å². The van der Waals surface area contributed by atoms with E-state index >= 15 is 0 Å². The molecule has 1 fully saturated rings. The summed E-state index contributed by atoms with van der Waals surface area (Å²) in [6, 6.07) is 0. The second kappa shape index (κ2) is 9.64. The number of amides is 2. The highest BCUT2D eigenvalue weighted by atomic mass is 16.4. The first-order chi connectivity index (χ1) is 11.3. The maximum atomic E-state index is 12.3. The van der Waals surface area contributed by atoms with E-state index in [1.165, 1.54) is 0 Å². The Morgan fingerprint density at radius 2 is 1.75 bits per heavy atom.